The molecular weight excluding hydrogens is 1380 g/mol. The Hall–Kier alpha value is -10.8. The second-order valence-electron chi connectivity index (χ2n) is 25.0. The molecule has 0 fully saturated rings. The van der Waals surface area contributed by atoms with E-state index < -0.39 is 95.5 Å². The van der Waals surface area contributed by atoms with Gasteiger partial charge in [0.15, 0.2) is 23.0 Å². The number of hydrogen-bond donors (Lipinski definition) is 8. The summed E-state index contributed by atoms with van der Waals surface area (Å²) in [5, 5.41) is 32.0. The Morgan fingerprint density at radius 1 is 0.524 bits per heavy atom. The minimum absolute atomic E-state index is 0.00708. The van der Waals surface area contributed by atoms with Crippen LogP contribution in [0.3, 0.4) is 0 Å². The van der Waals surface area contributed by atoms with E-state index in [1.165, 1.54) is 141 Å². The van der Waals surface area contributed by atoms with Crippen LogP contribution < -0.4 is 79.8 Å². The summed E-state index contributed by atoms with van der Waals surface area (Å²) in [4.78, 5) is 108. The van der Waals surface area contributed by atoms with Crippen molar-refractivity contribution in [1.82, 2.24) is 37.2 Å². The second kappa shape index (κ2) is 31.6. The molecule has 8 N–H and O–H groups in total. The first-order valence-electron chi connectivity index (χ1n) is 32.2. The number of methoxy groups -OCH3 is 7. The molecule has 0 aliphatic carbocycles. The Morgan fingerprint density at radius 2 is 1.13 bits per heavy atom. The molecule has 0 saturated heterocycles. The summed E-state index contributed by atoms with van der Waals surface area (Å²) in [7, 11) is 9.81. The number of nitrogens with one attached hydrogen (secondary N) is 7. The number of halogens is 2. The molecule has 13 rings (SSSR count). The van der Waals surface area contributed by atoms with Crippen LogP contribution >= 0.6 is 23.2 Å². The number of fused-ring (bicyclic) bond motifs is 14. The Kier molecular flexibility index (Phi) is 22.6. The fourth-order valence-electron chi connectivity index (χ4n) is 12.1. The number of rotatable bonds is 14. The molecule has 103 heavy (non-hydrogen) atoms. The highest BCUT2D eigenvalue weighted by molar-refractivity contribution is 6.32. The van der Waals surface area contributed by atoms with E-state index in [0.29, 0.717) is 16.7 Å². The number of aliphatic hydroxyl groups is 1. The molecule has 30 heteroatoms. The summed E-state index contributed by atoms with van der Waals surface area (Å²) < 4.78 is 77.6. The summed E-state index contributed by atoms with van der Waals surface area (Å²) >= 11 is 14.3. The van der Waals surface area contributed by atoms with Gasteiger partial charge in [-0.25, -0.2) is 4.79 Å². The lowest BCUT2D eigenvalue weighted by Crippen LogP contribution is -2.55. The zero-order valence-corrected chi connectivity index (χ0v) is 59.0. The van der Waals surface area contributed by atoms with Crippen molar-refractivity contribution in [3.63, 3.8) is 0 Å². The van der Waals surface area contributed by atoms with Gasteiger partial charge in [-0.1, -0.05) is 47.5 Å². The molecule has 0 aromatic heterocycles. The molecule has 8 atom stereocenters. The molecule has 0 unspecified atom stereocenters. The van der Waals surface area contributed by atoms with Gasteiger partial charge in [-0.2, -0.15) is 0 Å². The van der Waals surface area contributed by atoms with Crippen molar-refractivity contribution < 1.29 is 100 Å². The quantitative estimate of drug-likeness (QED) is 0.0372. The Bertz CT molecular complexity index is 4440. The molecule has 6 heterocycles. The molecule has 6 aliphatic heterocycles. The van der Waals surface area contributed by atoms with Crippen molar-refractivity contribution in [3.8, 4) is 80.1 Å². The lowest BCUT2D eigenvalue weighted by molar-refractivity contribution is -0.136. The van der Waals surface area contributed by atoms with Gasteiger partial charge in [0.05, 0.1) is 78.6 Å². The normalized spacial score (nSPS) is 20.2. The maximum absolute atomic E-state index is 16.3. The number of benzene rings is 7. The molecule has 28 nitrogen and oxygen atoms in total. The van der Waals surface area contributed by atoms with Gasteiger partial charge in [0.25, 0.3) is 0 Å². The molecular formula is C73H75Cl2N7O21. The fourth-order valence-corrected chi connectivity index (χ4v) is 12.6. The van der Waals surface area contributed by atoms with Gasteiger partial charge >= 0.3 is 6.09 Å². The number of carbonyl (C=O) groups is 7. The molecule has 7 amide bonds. The number of ether oxygens (including phenoxy) is 13. The molecule has 7 aromatic rings. The highest BCUT2D eigenvalue weighted by Crippen LogP contribution is 2.49. The summed E-state index contributed by atoms with van der Waals surface area (Å²) in [5.74, 6) is -5.86. The predicted octanol–water partition coefficient (Wildman–Crippen LogP) is 8.92. The third-order valence-corrected chi connectivity index (χ3v) is 17.6. The molecule has 542 valence electrons. The Morgan fingerprint density at radius 3 is 1.77 bits per heavy atom. The van der Waals surface area contributed by atoms with E-state index in [1.54, 1.807) is 45.0 Å². The van der Waals surface area contributed by atoms with Gasteiger partial charge in [-0.05, 0) is 139 Å². The first-order valence-corrected chi connectivity index (χ1v) is 33.0. The molecule has 7 aromatic carbocycles. The van der Waals surface area contributed by atoms with E-state index in [0.717, 1.165) is 0 Å². The van der Waals surface area contributed by atoms with E-state index in [2.05, 4.69) is 37.2 Å². The van der Waals surface area contributed by atoms with Gasteiger partial charge < -0.3 is 104 Å². The van der Waals surface area contributed by atoms with E-state index in [1.807, 2.05) is 0 Å². The smallest absolute Gasteiger partial charge is 0.408 e. The van der Waals surface area contributed by atoms with Crippen LogP contribution in [0, 0.1) is 0 Å². The molecule has 0 radical (unpaired) electrons. The molecule has 6 aliphatic rings. The first-order chi connectivity index (χ1) is 49.4. The maximum atomic E-state index is 16.3. The van der Waals surface area contributed by atoms with Crippen LogP contribution in [0.5, 0.6) is 69.0 Å². The van der Waals surface area contributed by atoms with Crippen molar-refractivity contribution in [2.24, 2.45) is 0 Å². The van der Waals surface area contributed by atoms with Gasteiger partial charge in [0, 0.05) is 36.8 Å². The topological polar surface area (TPSA) is 344 Å². The van der Waals surface area contributed by atoms with Gasteiger partial charge in [0.1, 0.15) is 95.0 Å². The van der Waals surface area contributed by atoms with Crippen LogP contribution in [0.25, 0.3) is 11.1 Å². The molecule has 0 spiro atoms. The van der Waals surface area contributed by atoms with Crippen LogP contribution in [-0.2, 0) is 54.1 Å². The van der Waals surface area contributed by atoms with Crippen molar-refractivity contribution in [2.75, 3.05) is 76.4 Å². The first kappa shape index (κ1) is 73.5. The van der Waals surface area contributed by atoms with Crippen LogP contribution in [0.2, 0.25) is 10.0 Å². The SMILES string of the molecule is COCCOCOC[C@H]1NC(=O)[C@H]2NC(=O)[C@H](NC(=O)[C@@H]3NC(=O)[C@H]4NC(=O)[C@@H](Cc5ccc(c(Cl)c5)Oc5cc3cc(c5OC)Oc3ccc(cc3Cl)[C@H]2O)NC(=O)[C@@H](NC(=O)OC(C)(C)C)c2ccc(OC)c(c2)Oc2cc(OC)cc4c2)c2ccc(OC)c(c2)-c2c(OC)cc(OC)cc21. The number of hydrogen-bond acceptors (Lipinski definition) is 21. The third-order valence-electron chi connectivity index (χ3n) is 17.0. The minimum Gasteiger partial charge on any atom is -0.497 e. The van der Waals surface area contributed by atoms with E-state index >= 15 is 28.8 Å². The van der Waals surface area contributed by atoms with Crippen LogP contribution in [-0.4, -0.2) is 141 Å². The lowest BCUT2D eigenvalue weighted by Gasteiger charge is -2.32. The average molecular weight is 1460 g/mol. The number of alkyl carbamates (subject to hydrolysis) is 1. The van der Waals surface area contributed by atoms with Crippen molar-refractivity contribution in [2.45, 2.75) is 81.2 Å². The highest BCUT2D eigenvalue weighted by atomic mass is 35.5. The van der Waals surface area contributed by atoms with Crippen molar-refractivity contribution in [3.05, 3.63) is 164 Å². The minimum atomic E-state index is -2.02. The predicted molar refractivity (Wildman–Crippen MR) is 370 cm³/mol. The number of aliphatic hydroxyl groups excluding tert-OH is 1. The summed E-state index contributed by atoms with van der Waals surface area (Å²) in [6, 6.07) is 15.8. The highest BCUT2D eigenvalue weighted by Gasteiger charge is 2.41. The lowest BCUT2D eigenvalue weighted by atomic mass is 9.89. The van der Waals surface area contributed by atoms with Gasteiger partial charge in [-0.3, -0.25) is 28.8 Å². The van der Waals surface area contributed by atoms with Crippen molar-refractivity contribution >= 4 is 64.7 Å². The average Bonchev–Trinajstić information content (AvgIpc) is 0.765. The Labute approximate surface area is 601 Å². The summed E-state index contributed by atoms with van der Waals surface area (Å²) in [6.45, 7) is 4.78. The summed E-state index contributed by atoms with van der Waals surface area (Å²) in [5.41, 5.74) is 0.252. The van der Waals surface area contributed by atoms with Gasteiger partial charge in [0.2, 0.25) is 41.2 Å². The molecule has 0 saturated carbocycles. The third kappa shape index (κ3) is 16.4. The second-order valence-corrected chi connectivity index (χ2v) is 25.8. The van der Waals surface area contributed by atoms with Crippen LogP contribution in [0.4, 0.5) is 4.79 Å². The van der Waals surface area contributed by atoms with Crippen LogP contribution in [0.1, 0.15) is 96.0 Å². The fraction of sp³-hybridized carbons (Fsp3) is 0.329. The van der Waals surface area contributed by atoms with E-state index in [-0.39, 0.29) is 145 Å². The van der Waals surface area contributed by atoms with Gasteiger partial charge in [-0.15, -0.1) is 0 Å². The number of carbonyl (C=O) groups excluding carboxylic acids is 7. The monoisotopic (exact) mass is 1460 g/mol. The Balaban J connectivity index is 1.13. The van der Waals surface area contributed by atoms with E-state index in [4.69, 9.17) is 84.8 Å². The zero-order chi connectivity index (χ0) is 73.6. The molecule has 17 bridgehead atoms. The maximum Gasteiger partial charge on any atom is 0.408 e. The zero-order valence-electron chi connectivity index (χ0n) is 57.5. The largest absolute Gasteiger partial charge is 0.497 e. The van der Waals surface area contributed by atoms with Crippen LogP contribution in [0.15, 0.2) is 115 Å². The summed E-state index contributed by atoms with van der Waals surface area (Å²) in [6.07, 6.45) is -3.24. The number of amides is 7. The standard InChI is InChI=1S/C73H75Cl2N7O21/c1-73(2,3)103-72(90)82-60-37-13-18-53(95-8)54(27-37)100-43-24-39(23-41(30-43)92-5)61-69(87)80-62-40-28-56(101-51-15-11-35(21-46(51)74)22-48(66(84)78-61)76-67(60)85)65(97-10)57(29-40)102-52-17-14-38(26-47(52)75)64(83)63-71(89)77-49(33-99-34-98-20-19-91-4)44-31-42(93-6)32-55(96-9)58(44)45-25-36(12-16-50(45)94-7)59(68(86)81-63)79-70(62)88/h11-18,21,23-32,48-49,59-64,83H,19-20,22,33-34H2,1-10H3,(H,76,85)(H,77,89)(H,78,84)(H,79,88)(H,80,87)(H,81,86)(H,82,90)/t48-,49-,59-,60+,61+,62-,63+,64-/m1/s1. The van der Waals surface area contributed by atoms with E-state index in [9.17, 15) is 9.90 Å². The van der Waals surface area contributed by atoms with Crippen molar-refractivity contribution in [1.29, 1.82) is 0 Å².